The minimum atomic E-state index is -2.85. The fourth-order valence-electron chi connectivity index (χ4n) is 3.55. The molecule has 0 unspecified atom stereocenters. The zero-order chi connectivity index (χ0) is 17.3. The second-order valence-electron chi connectivity index (χ2n) is 7.16. The second-order valence-corrected chi connectivity index (χ2v) is 9.39. The van der Waals surface area contributed by atoms with Crippen LogP contribution in [-0.4, -0.2) is 67.9 Å². The van der Waals surface area contributed by atoms with E-state index in [2.05, 4.69) is 18.7 Å². The van der Waals surface area contributed by atoms with Crippen molar-refractivity contribution in [1.82, 2.24) is 9.80 Å². The van der Waals surface area contributed by atoms with Crippen molar-refractivity contribution in [3.63, 3.8) is 0 Å². The molecule has 2 fully saturated rings. The first-order valence-corrected chi connectivity index (χ1v) is 10.5. The van der Waals surface area contributed by atoms with Crippen LogP contribution in [0, 0.1) is 0 Å². The van der Waals surface area contributed by atoms with Gasteiger partial charge in [-0.3, -0.25) is 9.69 Å². The summed E-state index contributed by atoms with van der Waals surface area (Å²) in [7, 11) is -2.85. The zero-order valence-electron chi connectivity index (χ0n) is 14.4. The van der Waals surface area contributed by atoms with Crippen LogP contribution in [-0.2, 0) is 9.84 Å². The van der Waals surface area contributed by atoms with Gasteiger partial charge in [0.25, 0.3) is 5.91 Å². The summed E-state index contributed by atoms with van der Waals surface area (Å²) in [6.45, 7) is 7.13. The molecule has 2 saturated heterocycles. The number of amides is 1. The SMILES string of the molecule is CC(C)c1ccc(C(=O)N2CCN([C@H]3CCS(=O)(=O)C3)CC2)cc1. The van der Waals surface area contributed by atoms with Crippen LogP contribution in [0.25, 0.3) is 0 Å². The third-order valence-corrected chi connectivity index (χ3v) is 6.90. The molecular formula is C18H26N2O3S. The fraction of sp³-hybridized carbons (Fsp3) is 0.611. The van der Waals surface area contributed by atoms with Gasteiger partial charge in [0.05, 0.1) is 11.5 Å². The van der Waals surface area contributed by atoms with Crippen LogP contribution in [0.1, 0.15) is 42.1 Å². The summed E-state index contributed by atoms with van der Waals surface area (Å²) in [6, 6.07) is 8.01. The summed E-state index contributed by atoms with van der Waals surface area (Å²) >= 11 is 0. The Labute approximate surface area is 144 Å². The van der Waals surface area contributed by atoms with Gasteiger partial charge in [0.15, 0.2) is 9.84 Å². The summed E-state index contributed by atoms with van der Waals surface area (Å²) in [5.41, 5.74) is 1.97. The van der Waals surface area contributed by atoms with E-state index in [0.29, 0.717) is 24.8 Å². The van der Waals surface area contributed by atoms with Gasteiger partial charge in [0, 0.05) is 37.8 Å². The minimum Gasteiger partial charge on any atom is -0.336 e. The van der Waals surface area contributed by atoms with E-state index in [1.165, 1.54) is 5.56 Å². The highest BCUT2D eigenvalue weighted by molar-refractivity contribution is 7.91. The quantitative estimate of drug-likeness (QED) is 0.833. The average Bonchev–Trinajstić information content (AvgIpc) is 2.94. The van der Waals surface area contributed by atoms with E-state index in [4.69, 9.17) is 0 Å². The number of carbonyl (C=O) groups excluding carboxylic acids is 1. The van der Waals surface area contributed by atoms with Gasteiger partial charge in [-0.1, -0.05) is 26.0 Å². The van der Waals surface area contributed by atoms with Crippen LogP contribution in [0.15, 0.2) is 24.3 Å². The maximum Gasteiger partial charge on any atom is 0.253 e. The van der Waals surface area contributed by atoms with Crippen molar-refractivity contribution in [3.05, 3.63) is 35.4 Å². The molecule has 1 amide bonds. The molecule has 5 nitrogen and oxygen atoms in total. The van der Waals surface area contributed by atoms with Gasteiger partial charge in [-0.15, -0.1) is 0 Å². The smallest absolute Gasteiger partial charge is 0.253 e. The van der Waals surface area contributed by atoms with Crippen LogP contribution >= 0.6 is 0 Å². The molecule has 24 heavy (non-hydrogen) atoms. The van der Waals surface area contributed by atoms with Crippen molar-refractivity contribution in [1.29, 1.82) is 0 Å². The van der Waals surface area contributed by atoms with Crippen LogP contribution in [0.2, 0.25) is 0 Å². The molecular weight excluding hydrogens is 324 g/mol. The zero-order valence-corrected chi connectivity index (χ0v) is 15.3. The van der Waals surface area contributed by atoms with Gasteiger partial charge in [0.1, 0.15) is 0 Å². The highest BCUT2D eigenvalue weighted by Crippen LogP contribution is 2.20. The predicted octanol–water partition coefficient (Wildman–Crippen LogP) is 1.75. The predicted molar refractivity (Wildman–Crippen MR) is 95.1 cm³/mol. The Balaban J connectivity index is 1.57. The van der Waals surface area contributed by atoms with Crippen LogP contribution in [0.5, 0.6) is 0 Å². The normalized spacial score (nSPS) is 24.5. The van der Waals surface area contributed by atoms with E-state index in [0.717, 1.165) is 25.1 Å². The topological polar surface area (TPSA) is 57.7 Å². The van der Waals surface area contributed by atoms with Gasteiger partial charge in [-0.05, 0) is 30.0 Å². The van der Waals surface area contributed by atoms with Gasteiger partial charge >= 0.3 is 0 Å². The Morgan fingerprint density at radius 3 is 2.21 bits per heavy atom. The van der Waals surface area contributed by atoms with Crippen molar-refractivity contribution < 1.29 is 13.2 Å². The third-order valence-electron chi connectivity index (χ3n) is 5.15. The molecule has 2 heterocycles. The number of carbonyl (C=O) groups is 1. The molecule has 1 aromatic carbocycles. The summed E-state index contributed by atoms with van der Waals surface area (Å²) in [6.07, 6.45) is 0.729. The van der Waals surface area contributed by atoms with Gasteiger partial charge in [0.2, 0.25) is 0 Å². The minimum absolute atomic E-state index is 0.0731. The van der Waals surface area contributed by atoms with E-state index in [9.17, 15) is 13.2 Å². The maximum absolute atomic E-state index is 12.6. The van der Waals surface area contributed by atoms with Gasteiger partial charge < -0.3 is 4.90 Å². The van der Waals surface area contributed by atoms with E-state index >= 15 is 0 Å². The number of rotatable bonds is 3. The van der Waals surface area contributed by atoms with Crippen molar-refractivity contribution >= 4 is 15.7 Å². The third kappa shape index (κ3) is 3.81. The lowest BCUT2D eigenvalue weighted by Gasteiger charge is -2.37. The number of hydrogen-bond acceptors (Lipinski definition) is 4. The van der Waals surface area contributed by atoms with Crippen molar-refractivity contribution in [3.8, 4) is 0 Å². The number of piperazine rings is 1. The van der Waals surface area contributed by atoms with Crippen LogP contribution in [0.3, 0.4) is 0 Å². The average molecular weight is 350 g/mol. The fourth-order valence-corrected chi connectivity index (χ4v) is 5.31. The maximum atomic E-state index is 12.6. The number of hydrogen-bond donors (Lipinski definition) is 0. The molecule has 0 bridgehead atoms. The summed E-state index contributed by atoms with van der Waals surface area (Å²) in [4.78, 5) is 16.7. The monoisotopic (exact) mass is 350 g/mol. The molecule has 0 spiro atoms. The van der Waals surface area contributed by atoms with E-state index in [-0.39, 0.29) is 17.7 Å². The molecule has 2 aliphatic heterocycles. The standard InChI is InChI=1S/C18H26N2O3S/c1-14(2)15-3-5-16(6-4-15)18(21)20-10-8-19(9-11-20)17-7-12-24(22,23)13-17/h3-6,14,17H,7-13H2,1-2H3/t17-/m0/s1. The molecule has 6 heteroatoms. The molecule has 1 atom stereocenters. The largest absolute Gasteiger partial charge is 0.336 e. The Morgan fingerprint density at radius 1 is 1.08 bits per heavy atom. The molecule has 1 aromatic rings. The van der Waals surface area contributed by atoms with Crippen LogP contribution < -0.4 is 0 Å². The summed E-state index contributed by atoms with van der Waals surface area (Å²) < 4.78 is 23.3. The molecule has 0 aromatic heterocycles. The first-order valence-electron chi connectivity index (χ1n) is 8.69. The second kappa shape index (κ2) is 6.84. The van der Waals surface area contributed by atoms with Gasteiger partial charge in [-0.25, -0.2) is 8.42 Å². The van der Waals surface area contributed by atoms with E-state index in [1.54, 1.807) is 0 Å². The first kappa shape index (κ1) is 17.4. The lowest BCUT2D eigenvalue weighted by molar-refractivity contribution is 0.0588. The van der Waals surface area contributed by atoms with Gasteiger partial charge in [-0.2, -0.15) is 0 Å². The highest BCUT2D eigenvalue weighted by atomic mass is 32.2. The summed E-state index contributed by atoms with van der Waals surface area (Å²) in [5, 5.41) is 0. The van der Waals surface area contributed by atoms with E-state index in [1.807, 2.05) is 29.2 Å². The molecule has 0 aliphatic carbocycles. The molecule has 0 radical (unpaired) electrons. The Morgan fingerprint density at radius 2 is 1.71 bits per heavy atom. The van der Waals surface area contributed by atoms with Crippen molar-refractivity contribution in [2.45, 2.75) is 32.2 Å². The van der Waals surface area contributed by atoms with Crippen LogP contribution in [0.4, 0.5) is 0 Å². The summed E-state index contributed by atoms with van der Waals surface area (Å²) in [5.74, 6) is 1.11. The van der Waals surface area contributed by atoms with E-state index < -0.39 is 9.84 Å². The molecule has 132 valence electrons. The lowest BCUT2D eigenvalue weighted by Crippen LogP contribution is -2.52. The van der Waals surface area contributed by atoms with Crippen molar-refractivity contribution in [2.75, 3.05) is 37.7 Å². The molecule has 0 N–H and O–H groups in total. The first-order chi connectivity index (χ1) is 11.4. The Hall–Kier alpha value is -1.40. The lowest BCUT2D eigenvalue weighted by atomic mass is 10.0. The Bertz CT molecular complexity index is 689. The molecule has 3 rings (SSSR count). The number of sulfone groups is 1. The Kier molecular flexibility index (Phi) is 4.97. The number of nitrogens with zero attached hydrogens (tertiary/aromatic N) is 2. The van der Waals surface area contributed by atoms with Crippen molar-refractivity contribution in [2.24, 2.45) is 0 Å². The molecule has 0 saturated carbocycles. The molecule has 2 aliphatic rings. The number of benzene rings is 1. The highest BCUT2D eigenvalue weighted by Gasteiger charge is 2.34.